The minimum absolute atomic E-state index is 0.333. The highest BCUT2D eigenvalue weighted by atomic mass is 19.1. The monoisotopic (exact) mass is 251 g/mol. The number of rotatable bonds is 4. The van der Waals surface area contributed by atoms with Crippen LogP contribution in [0.25, 0.3) is 0 Å². The molecule has 0 aliphatic heterocycles. The smallest absolute Gasteiger partial charge is 0.337 e. The van der Waals surface area contributed by atoms with Gasteiger partial charge in [0.25, 0.3) is 0 Å². The molecule has 1 N–H and O–H groups in total. The Morgan fingerprint density at radius 3 is 2.83 bits per heavy atom. The summed E-state index contributed by atoms with van der Waals surface area (Å²) in [4.78, 5) is 11.4. The number of methoxy groups -OCH3 is 1. The first-order chi connectivity index (χ1) is 8.70. The first kappa shape index (κ1) is 12.9. The molecule has 0 aromatic heterocycles. The Hall–Kier alpha value is -1.58. The van der Waals surface area contributed by atoms with Crippen molar-refractivity contribution >= 4 is 11.7 Å². The lowest BCUT2D eigenvalue weighted by molar-refractivity contribution is 0.0600. The normalized spacial score (nSPS) is 15.7. The van der Waals surface area contributed by atoms with Gasteiger partial charge in [0.15, 0.2) is 0 Å². The lowest BCUT2D eigenvalue weighted by atomic mass is 10.1. The number of esters is 1. The van der Waals surface area contributed by atoms with Gasteiger partial charge in [-0.15, -0.1) is 0 Å². The van der Waals surface area contributed by atoms with Crippen LogP contribution in [-0.2, 0) is 4.74 Å². The van der Waals surface area contributed by atoms with Crippen LogP contribution in [0, 0.1) is 11.7 Å². The average Bonchev–Trinajstić information content (AvgIpc) is 2.90. The van der Waals surface area contributed by atoms with Gasteiger partial charge in [-0.3, -0.25) is 0 Å². The maximum atomic E-state index is 13.6. The summed E-state index contributed by atoms with van der Waals surface area (Å²) < 4.78 is 18.2. The molecule has 18 heavy (non-hydrogen) atoms. The topological polar surface area (TPSA) is 38.3 Å². The second-order valence-electron chi connectivity index (χ2n) is 4.72. The molecule has 4 heteroatoms. The van der Waals surface area contributed by atoms with Crippen LogP contribution in [0.2, 0.25) is 0 Å². The highest BCUT2D eigenvalue weighted by molar-refractivity contribution is 5.90. The van der Waals surface area contributed by atoms with E-state index in [1.807, 2.05) is 0 Å². The average molecular weight is 251 g/mol. The predicted molar refractivity (Wildman–Crippen MR) is 68.2 cm³/mol. The quantitative estimate of drug-likeness (QED) is 0.835. The SMILES string of the molecule is COC(=O)c1ccc(F)c(NCC2CCCC2)c1. The first-order valence-electron chi connectivity index (χ1n) is 6.32. The summed E-state index contributed by atoms with van der Waals surface area (Å²) in [5.41, 5.74) is 0.748. The zero-order chi connectivity index (χ0) is 13.0. The van der Waals surface area contributed by atoms with E-state index in [2.05, 4.69) is 10.1 Å². The molecular weight excluding hydrogens is 233 g/mol. The molecule has 0 spiro atoms. The molecule has 0 amide bonds. The molecule has 1 aromatic carbocycles. The van der Waals surface area contributed by atoms with Gasteiger partial charge in [-0.1, -0.05) is 12.8 Å². The molecule has 0 radical (unpaired) electrons. The highest BCUT2D eigenvalue weighted by Crippen LogP contribution is 2.25. The van der Waals surface area contributed by atoms with Crippen molar-refractivity contribution in [3.63, 3.8) is 0 Å². The van der Waals surface area contributed by atoms with E-state index < -0.39 is 5.97 Å². The van der Waals surface area contributed by atoms with Gasteiger partial charge in [0.1, 0.15) is 5.82 Å². The summed E-state index contributed by atoms with van der Waals surface area (Å²) in [7, 11) is 1.32. The second kappa shape index (κ2) is 5.85. The number of benzene rings is 1. The molecule has 0 bridgehead atoms. The minimum atomic E-state index is -0.445. The van der Waals surface area contributed by atoms with E-state index in [0.29, 0.717) is 17.2 Å². The van der Waals surface area contributed by atoms with Crippen LogP contribution in [0.3, 0.4) is 0 Å². The summed E-state index contributed by atoms with van der Waals surface area (Å²) in [5, 5.41) is 3.09. The molecule has 1 aromatic rings. The Balaban J connectivity index is 2.03. The standard InChI is InChI=1S/C14H18FNO2/c1-18-14(17)11-6-7-12(15)13(8-11)16-9-10-4-2-3-5-10/h6-8,10,16H,2-5,9H2,1H3. The van der Waals surface area contributed by atoms with E-state index in [-0.39, 0.29) is 5.82 Å². The van der Waals surface area contributed by atoms with E-state index in [1.54, 1.807) is 0 Å². The molecule has 1 aliphatic carbocycles. The van der Waals surface area contributed by atoms with Crippen molar-refractivity contribution in [3.05, 3.63) is 29.6 Å². The van der Waals surface area contributed by atoms with Crippen molar-refractivity contribution in [2.24, 2.45) is 5.92 Å². The minimum Gasteiger partial charge on any atom is -0.465 e. The van der Waals surface area contributed by atoms with Crippen molar-refractivity contribution < 1.29 is 13.9 Å². The zero-order valence-electron chi connectivity index (χ0n) is 10.5. The maximum Gasteiger partial charge on any atom is 0.337 e. The summed E-state index contributed by atoms with van der Waals surface area (Å²) >= 11 is 0. The number of ether oxygens (including phenoxy) is 1. The molecule has 0 atom stereocenters. The Labute approximate surface area is 106 Å². The Bertz CT molecular complexity index is 428. The van der Waals surface area contributed by atoms with Crippen molar-refractivity contribution in [3.8, 4) is 0 Å². The summed E-state index contributed by atoms with van der Waals surface area (Å²) in [6, 6.07) is 4.24. The van der Waals surface area contributed by atoms with E-state index in [0.717, 1.165) is 6.54 Å². The Morgan fingerprint density at radius 2 is 2.17 bits per heavy atom. The van der Waals surface area contributed by atoms with Crippen LogP contribution in [0.15, 0.2) is 18.2 Å². The van der Waals surface area contributed by atoms with E-state index in [9.17, 15) is 9.18 Å². The molecule has 0 heterocycles. The number of nitrogens with one attached hydrogen (secondary N) is 1. The van der Waals surface area contributed by atoms with Gasteiger partial charge < -0.3 is 10.1 Å². The van der Waals surface area contributed by atoms with E-state index in [1.165, 1.54) is 51.0 Å². The predicted octanol–water partition coefficient (Wildman–Crippen LogP) is 3.21. The highest BCUT2D eigenvalue weighted by Gasteiger charge is 2.16. The fourth-order valence-electron chi connectivity index (χ4n) is 2.37. The number of carbonyl (C=O) groups is 1. The molecule has 98 valence electrons. The fraction of sp³-hybridized carbons (Fsp3) is 0.500. The van der Waals surface area contributed by atoms with Gasteiger partial charge in [0.2, 0.25) is 0 Å². The second-order valence-corrected chi connectivity index (χ2v) is 4.72. The number of carbonyl (C=O) groups excluding carboxylic acids is 1. The van der Waals surface area contributed by atoms with Gasteiger partial charge >= 0.3 is 5.97 Å². The maximum absolute atomic E-state index is 13.6. The third-order valence-electron chi connectivity index (χ3n) is 3.44. The lowest BCUT2D eigenvalue weighted by Crippen LogP contribution is -2.12. The van der Waals surface area contributed by atoms with Crippen LogP contribution in [-0.4, -0.2) is 19.6 Å². The number of hydrogen-bond acceptors (Lipinski definition) is 3. The zero-order valence-corrected chi connectivity index (χ0v) is 10.5. The fourth-order valence-corrected chi connectivity index (χ4v) is 2.37. The molecule has 0 saturated heterocycles. The molecular formula is C14H18FNO2. The molecule has 2 rings (SSSR count). The summed E-state index contributed by atoms with van der Waals surface area (Å²) in [5.74, 6) is -0.161. The number of hydrogen-bond donors (Lipinski definition) is 1. The van der Waals surface area contributed by atoms with Crippen molar-refractivity contribution in [1.82, 2.24) is 0 Å². The Morgan fingerprint density at radius 1 is 1.44 bits per heavy atom. The largest absolute Gasteiger partial charge is 0.465 e. The van der Waals surface area contributed by atoms with E-state index >= 15 is 0 Å². The molecule has 0 unspecified atom stereocenters. The lowest BCUT2D eigenvalue weighted by Gasteiger charge is -2.13. The summed E-state index contributed by atoms with van der Waals surface area (Å²) in [6.07, 6.45) is 4.92. The first-order valence-corrected chi connectivity index (χ1v) is 6.32. The van der Waals surface area contributed by atoms with Crippen molar-refractivity contribution in [1.29, 1.82) is 0 Å². The van der Waals surface area contributed by atoms with Crippen molar-refractivity contribution in [2.45, 2.75) is 25.7 Å². The van der Waals surface area contributed by atoms with Gasteiger partial charge in [-0.25, -0.2) is 9.18 Å². The number of halogens is 1. The van der Waals surface area contributed by atoms with Crippen LogP contribution in [0.1, 0.15) is 36.0 Å². The molecule has 1 fully saturated rings. The molecule has 1 aliphatic rings. The molecule has 1 saturated carbocycles. The van der Waals surface area contributed by atoms with E-state index in [4.69, 9.17) is 0 Å². The third kappa shape index (κ3) is 3.00. The van der Waals surface area contributed by atoms with Crippen LogP contribution in [0.4, 0.5) is 10.1 Å². The van der Waals surface area contributed by atoms with Gasteiger partial charge in [0.05, 0.1) is 18.4 Å². The third-order valence-corrected chi connectivity index (χ3v) is 3.44. The Kier molecular flexibility index (Phi) is 4.18. The van der Waals surface area contributed by atoms with Crippen molar-refractivity contribution in [2.75, 3.05) is 19.0 Å². The van der Waals surface area contributed by atoms with Crippen LogP contribution >= 0.6 is 0 Å². The van der Waals surface area contributed by atoms with Gasteiger partial charge in [-0.2, -0.15) is 0 Å². The molecule has 3 nitrogen and oxygen atoms in total. The van der Waals surface area contributed by atoms with Crippen LogP contribution in [0.5, 0.6) is 0 Å². The van der Waals surface area contributed by atoms with Gasteiger partial charge in [0, 0.05) is 6.54 Å². The van der Waals surface area contributed by atoms with Gasteiger partial charge in [-0.05, 0) is 37.0 Å². The summed E-state index contributed by atoms with van der Waals surface area (Å²) in [6.45, 7) is 0.765. The van der Waals surface area contributed by atoms with Crippen LogP contribution < -0.4 is 5.32 Å². The number of anilines is 1.